The van der Waals surface area contributed by atoms with Gasteiger partial charge < -0.3 is 9.64 Å². The van der Waals surface area contributed by atoms with Gasteiger partial charge in [-0.25, -0.2) is 4.98 Å². The zero-order chi connectivity index (χ0) is 19.3. The largest absolute Gasteiger partial charge is 0.491 e. The Hall–Kier alpha value is -2.70. The second-order valence-corrected chi connectivity index (χ2v) is 7.06. The van der Waals surface area contributed by atoms with Gasteiger partial charge in [0.15, 0.2) is 0 Å². The molecule has 0 N–H and O–H groups in total. The number of hydrogen-bond donors (Lipinski definition) is 0. The minimum absolute atomic E-state index is 0.0646. The number of halogens is 1. The predicted molar refractivity (Wildman–Crippen MR) is 109 cm³/mol. The summed E-state index contributed by atoms with van der Waals surface area (Å²) in [5.74, 6) is 0.637. The minimum atomic E-state index is -0.0646. The Morgan fingerprint density at radius 1 is 1.00 bits per heavy atom. The molecule has 0 atom stereocenters. The number of para-hydroxylation sites is 3. The van der Waals surface area contributed by atoms with E-state index >= 15 is 0 Å². The van der Waals surface area contributed by atoms with Crippen LogP contribution in [0.4, 0.5) is 0 Å². The SMILES string of the molecule is O=C(c1cnc2ccccc2n1)N1CCN(CCOc2ccccc2Cl)CC1. The lowest BCUT2D eigenvalue weighted by Crippen LogP contribution is -2.49. The van der Waals surface area contributed by atoms with Gasteiger partial charge in [0, 0.05) is 32.7 Å². The Morgan fingerprint density at radius 3 is 2.50 bits per heavy atom. The van der Waals surface area contributed by atoms with E-state index in [-0.39, 0.29) is 5.91 Å². The molecule has 4 rings (SSSR count). The lowest BCUT2D eigenvalue weighted by molar-refractivity contribution is 0.0614. The first-order chi connectivity index (χ1) is 13.7. The summed E-state index contributed by atoms with van der Waals surface area (Å²) in [7, 11) is 0. The maximum absolute atomic E-state index is 12.8. The summed E-state index contributed by atoms with van der Waals surface area (Å²) in [6.07, 6.45) is 1.56. The van der Waals surface area contributed by atoms with Crippen LogP contribution in [0.25, 0.3) is 11.0 Å². The van der Waals surface area contributed by atoms with Crippen LogP contribution in [0.2, 0.25) is 5.02 Å². The molecule has 7 heteroatoms. The van der Waals surface area contributed by atoms with Crippen LogP contribution in [0.15, 0.2) is 54.7 Å². The number of ether oxygens (including phenoxy) is 1. The molecular weight excluding hydrogens is 376 g/mol. The number of carbonyl (C=O) groups excluding carboxylic acids is 1. The fraction of sp³-hybridized carbons (Fsp3) is 0.286. The van der Waals surface area contributed by atoms with Crippen LogP contribution in [-0.2, 0) is 0 Å². The molecular formula is C21H21ClN4O2. The van der Waals surface area contributed by atoms with Gasteiger partial charge in [0.05, 0.1) is 22.3 Å². The maximum atomic E-state index is 12.8. The van der Waals surface area contributed by atoms with Gasteiger partial charge in [-0.15, -0.1) is 0 Å². The van der Waals surface area contributed by atoms with Crippen molar-refractivity contribution in [3.8, 4) is 5.75 Å². The van der Waals surface area contributed by atoms with Gasteiger partial charge in [0.1, 0.15) is 18.1 Å². The number of amides is 1. The first-order valence-corrected chi connectivity index (χ1v) is 9.69. The van der Waals surface area contributed by atoms with Gasteiger partial charge in [-0.3, -0.25) is 14.7 Å². The van der Waals surface area contributed by atoms with E-state index in [2.05, 4.69) is 14.9 Å². The molecule has 6 nitrogen and oxygen atoms in total. The van der Waals surface area contributed by atoms with E-state index < -0.39 is 0 Å². The zero-order valence-electron chi connectivity index (χ0n) is 15.4. The summed E-state index contributed by atoms with van der Waals surface area (Å²) < 4.78 is 5.75. The van der Waals surface area contributed by atoms with Crippen molar-refractivity contribution in [2.45, 2.75) is 0 Å². The molecule has 2 heterocycles. The van der Waals surface area contributed by atoms with E-state index in [1.54, 1.807) is 6.20 Å². The lowest BCUT2D eigenvalue weighted by Gasteiger charge is -2.34. The second kappa shape index (κ2) is 8.54. The summed E-state index contributed by atoms with van der Waals surface area (Å²) in [5, 5.41) is 0.620. The third-order valence-electron chi connectivity index (χ3n) is 4.83. The number of piperazine rings is 1. The molecule has 28 heavy (non-hydrogen) atoms. The highest BCUT2D eigenvalue weighted by Crippen LogP contribution is 2.23. The van der Waals surface area contributed by atoms with Gasteiger partial charge in [-0.1, -0.05) is 35.9 Å². The van der Waals surface area contributed by atoms with Crippen LogP contribution in [0.1, 0.15) is 10.5 Å². The normalized spacial score (nSPS) is 15.0. The molecule has 1 fully saturated rings. The number of aromatic nitrogens is 2. The number of carbonyl (C=O) groups is 1. The van der Waals surface area contributed by atoms with Crippen molar-refractivity contribution in [2.24, 2.45) is 0 Å². The van der Waals surface area contributed by atoms with Gasteiger partial charge in [-0.2, -0.15) is 0 Å². The summed E-state index contributed by atoms with van der Waals surface area (Å²) in [5.41, 5.74) is 1.93. The highest BCUT2D eigenvalue weighted by atomic mass is 35.5. The Bertz CT molecular complexity index is 973. The summed E-state index contributed by atoms with van der Waals surface area (Å²) in [4.78, 5) is 25.7. The molecule has 0 radical (unpaired) electrons. The Balaban J connectivity index is 1.28. The second-order valence-electron chi connectivity index (χ2n) is 6.66. The average Bonchev–Trinajstić information content (AvgIpc) is 2.75. The van der Waals surface area contributed by atoms with E-state index in [1.165, 1.54) is 0 Å². The molecule has 1 aliphatic heterocycles. The van der Waals surface area contributed by atoms with Crippen LogP contribution in [0.3, 0.4) is 0 Å². The first-order valence-electron chi connectivity index (χ1n) is 9.31. The Morgan fingerprint density at radius 2 is 1.71 bits per heavy atom. The molecule has 1 aromatic heterocycles. The van der Waals surface area contributed by atoms with Crippen molar-refractivity contribution in [3.63, 3.8) is 0 Å². The van der Waals surface area contributed by atoms with Gasteiger partial charge >= 0.3 is 0 Å². The smallest absolute Gasteiger partial charge is 0.274 e. The summed E-state index contributed by atoms with van der Waals surface area (Å²) >= 11 is 6.10. The van der Waals surface area contributed by atoms with Gasteiger partial charge in [0.2, 0.25) is 0 Å². The average molecular weight is 397 g/mol. The van der Waals surface area contributed by atoms with E-state index in [9.17, 15) is 4.79 Å². The third-order valence-corrected chi connectivity index (χ3v) is 5.14. The molecule has 0 unspecified atom stereocenters. The quantitative estimate of drug-likeness (QED) is 0.663. The van der Waals surface area contributed by atoms with Crippen LogP contribution >= 0.6 is 11.6 Å². The van der Waals surface area contributed by atoms with Crippen molar-refractivity contribution >= 4 is 28.5 Å². The molecule has 0 aliphatic carbocycles. The number of benzene rings is 2. The fourth-order valence-corrected chi connectivity index (χ4v) is 3.43. The highest BCUT2D eigenvalue weighted by molar-refractivity contribution is 6.32. The van der Waals surface area contributed by atoms with Crippen molar-refractivity contribution in [2.75, 3.05) is 39.3 Å². The first kappa shape index (κ1) is 18.7. The van der Waals surface area contributed by atoms with Crippen molar-refractivity contribution in [3.05, 3.63) is 65.4 Å². The maximum Gasteiger partial charge on any atom is 0.274 e. The minimum Gasteiger partial charge on any atom is -0.491 e. The van der Waals surface area contributed by atoms with Gasteiger partial charge in [0.25, 0.3) is 5.91 Å². The molecule has 0 bridgehead atoms. The monoisotopic (exact) mass is 396 g/mol. The molecule has 0 saturated carbocycles. The Kier molecular flexibility index (Phi) is 5.69. The van der Waals surface area contributed by atoms with Crippen LogP contribution in [0.5, 0.6) is 5.75 Å². The molecule has 1 saturated heterocycles. The van der Waals surface area contributed by atoms with E-state index in [4.69, 9.17) is 16.3 Å². The number of fused-ring (bicyclic) bond motifs is 1. The Labute approximate surface area is 168 Å². The molecule has 3 aromatic rings. The van der Waals surface area contributed by atoms with Crippen LogP contribution < -0.4 is 4.74 Å². The molecule has 1 aliphatic rings. The highest BCUT2D eigenvalue weighted by Gasteiger charge is 2.23. The topological polar surface area (TPSA) is 58.6 Å². The zero-order valence-corrected chi connectivity index (χ0v) is 16.2. The summed E-state index contributed by atoms with van der Waals surface area (Å²) in [6, 6.07) is 15.0. The van der Waals surface area contributed by atoms with E-state index in [0.717, 1.165) is 30.7 Å². The number of hydrogen-bond acceptors (Lipinski definition) is 5. The van der Waals surface area contributed by atoms with Crippen LogP contribution in [-0.4, -0.2) is 65.0 Å². The van der Waals surface area contributed by atoms with Crippen molar-refractivity contribution in [1.29, 1.82) is 0 Å². The van der Waals surface area contributed by atoms with Crippen molar-refractivity contribution < 1.29 is 9.53 Å². The lowest BCUT2D eigenvalue weighted by atomic mass is 10.2. The fourth-order valence-electron chi connectivity index (χ4n) is 3.24. The molecule has 1 amide bonds. The van der Waals surface area contributed by atoms with E-state index in [0.29, 0.717) is 36.2 Å². The number of rotatable bonds is 5. The van der Waals surface area contributed by atoms with Crippen LogP contribution in [0, 0.1) is 0 Å². The molecule has 2 aromatic carbocycles. The predicted octanol–water partition coefficient (Wildman–Crippen LogP) is 3.12. The standard InChI is InChI=1S/C21H21ClN4O2/c22-16-5-1-4-8-20(16)28-14-13-25-9-11-26(12-10-25)21(27)19-15-23-17-6-2-3-7-18(17)24-19/h1-8,15H,9-14H2. The third kappa shape index (κ3) is 4.24. The van der Waals surface area contributed by atoms with E-state index in [1.807, 2.05) is 53.4 Å². The summed E-state index contributed by atoms with van der Waals surface area (Å²) in [6.45, 7) is 4.30. The van der Waals surface area contributed by atoms with Gasteiger partial charge in [-0.05, 0) is 24.3 Å². The molecule has 0 spiro atoms. The van der Waals surface area contributed by atoms with Crippen molar-refractivity contribution in [1.82, 2.24) is 19.8 Å². The number of nitrogens with zero attached hydrogens (tertiary/aromatic N) is 4. The molecule has 144 valence electrons.